The van der Waals surface area contributed by atoms with Crippen LogP contribution in [-0.2, 0) is 0 Å². The Kier molecular flexibility index (Phi) is 7.07. The molecule has 0 unspecified atom stereocenters. The molecule has 4 aromatic rings. The van der Waals surface area contributed by atoms with Gasteiger partial charge >= 0.3 is 0 Å². The van der Waals surface area contributed by atoms with Crippen LogP contribution in [-0.4, -0.2) is 37.4 Å². The van der Waals surface area contributed by atoms with E-state index < -0.39 is 0 Å². The zero-order valence-electron chi connectivity index (χ0n) is 17.8. The molecule has 0 saturated carbocycles. The van der Waals surface area contributed by atoms with Gasteiger partial charge in [-0.25, -0.2) is 0 Å². The van der Waals surface area contributed by atoms with Crippen molar-refractivity contribution in [1.82, 2.24) is 10.3 Å². The molecule has 3 aromatic carbocycles. The van der Waals surface area contributed by atoms with E-state index in [4.69, 9.17) is 9.47 Å². The number of carbonyl (C=O) groups excluding carboxylic acids is 1. The Labute approximate surface area is 199 Å². The van der Waals surface area contributed by atoms with Crippen molar-refractivity contribution in [3.8, 4) is 22.8 Å². The molecule has 2 N–H and O–H groups in total. The molecule has 1 aromatic heterocycles. The van der Waals surface area contributed by atoms with Crippen LogP contribution >= 0.6 is 27.7 Å². The van der Waals surface area contributed by atoms with E-state index in [9.17, 15) is 4.79 Å². The summed E-state index contributed by atoms with van der Waals surface area (Å²) in [6.07, 6.45) is 0. The van der Waals surface area contributed by atoms with Crippen LogP contribution in [0.15, 0.2) is 76.1 Å². The number of aromatic nitrogens is 1. The number of hydrogen-bond donors (Lipinski definition) is 2. The minimum Gasteiger partial charge on any atom is -0.493 e. The van der Waals surface area contributed by atoms with E-state index in [1.54, 1.807) is 44.2 Å². The Morgan fingerprint density at radius 2 is 1.75 bits per heavy atom. The predicted octanol–water partition coefficient (Wildman–Crippen LogP) is 6.14. The predicted molar refractivity (Wildman–Crippen MR) is 134 cm³/mol. The summed E-state index contributed by atoms with van der Waals surface area (Å²) in [5.74, 6) is 1.73. The van der Waals surface area contributed by atoms with Crippen LogP contribution in [0.4, 0.5) is 0 Å². The number of amides is 1. The van der Waals surface area contributed by atoms with Crippen LogP contribution in [0.1, 0.15) is 10.4 Å². The SMILES string of the molecule is COc1ccc(C(=O)NCCSc2c(-c3ccc(Br)cc3)[nH]c3ccccc23)cc1OC. The molecule has 164 valence electrons. The van der Waals surface area contributed by atoms with Gasteiger partial charge < -0.3 is 19.8 Å². The molecule has 32 heavy (non-hydrogen) atoms. The monoisotopic (exact) mass is 510 g/mol. The van der Waals surface area contributed by atoms with Crippen molar-refractivity contribution in [3.63, 3.8) is 0 Å². The molecule has 0 atom stereocenters. The standard InChI is InChI=1S/C25H23BrN2O3S/c1-30-21-12-9-17(15-22(21)31-2)25(29)27-13-14-32-24-19-5-3-4-6-20(19)28-23(24)16-7-10-18(26)11-8-16/h3-12,15,28H,13-14H2,1-2H3,(H,27,29). The molecule has 4 rings (SSSR count). The number of thioether (sulfide) groups is 1. The van der Waals surface area contributed by atoms with Crippen LogP contribution in [0.5, 0.6) is 11.5 Å². The quantitative estimate of drug-likeness (QED) is 0.221. The highest BCUT2D eigenvalue weighted by Gasteiger charge is 2.14. The van der Waals surface area contributed by atoms with E-state index in [0.29, 0.717) is 23.6 Å². The van der Waals surface area contributed by atoms with E-state index in [1.807, 2.05) is 24.3 Å². The first-order valence-electron chi connectivity index (χ1n) is 10.1. The zero-order chi connectivity index (χ0) is 22.5. The molecule has 0 saturated heterocycles. The normalized spacial score (nSPS) is 10.8. The first-order valence-corrected chi connectivity index (χ1v) is 11.9. The highest BCUT2D eigenvalue weighted by atomic mass is 79.9. The van der Waals surface area contributed by atoms with Gasteiger partial charge in [0.15, 0.2) is 11.5 Å². The maximum atomic E-state index is 12.6. The number of benzene rings is 3. The first kappa shape index (κ1) is 22.3. The van der Waals surface area contributed by atoms with Gasteiger partial charge in [0.25, 0.3) is 5.91 Å². The molecule has 0 fully saturated rings. The van der Waals surface area contributed by atoms with Crippen molar-refractivity contribution in [2.75, 3.05) is 26.5 Å². The van der Waals surface area contributed by atoms with Gasteiger partial charge in [0.2, 0.25) is 0 Å². The lowest BCUT2D eigenvalue weighted by atomic mass is 10.1. The number of H-pyrrole nitrogens is 1. The van der Waals surface area contributed by atoms with E-state index in [0.717, 1.165) is 27.0 Å². The van der Waals surface area contributed by atoms with Crippen molar-refractivity contribution < 1.29 is 14.3 Å². The molecule has 7 heteroatoms. The lowest BCUT2D eigenvalue weighted by Gasteiger charge is -2.10. The first-order chi connectivity index (χ1) is 15.6. The third-order valence-electron chi connectivity index (χ3n) is 5.07. The van der Waals surface area contributed by atoms with Crippen molar-refractivity contribution in [2.24, 2.45) is 0 Å². The Morgan fingerprint density at radius 3 is 2.50 bits per heavy atom. The van der Waals surface area contributed by atoms with E-state index in [2.05, 4.69) is 50.5 Å². The van der Waals surface area contributed by atoms with Crippen LogP contribution in [0.2, 0.25) is 0 Å². The molecule has 5 nitrogen and oxygen atoms in total. The van der Waals surface area contributed by atoms with Crippen LogP contribution in [0, 0.1) is 0 Å². The summed E-state index contributed by atoms with van der Waals surface area (Å²) in [4.78, 5) is 17.3. The summed E-state index contributed by atoms with van der Waals surface area (Å²) in [6.45, 7) is 0.539. The minimum atomic E-state index is -0.140. The number of rotatable bonds is 8. The maximum absolute atomic E-state index is 12.6. The Morgan fingerprint density at radius 1 is 1.00 bits per heavy atom. The van der Waals surface area contributed by atoms with Gasteiger partial charge in [-0.05, 0) is 42.0 Å². The van der Waals surface area contributed by atoms with E-state index in [1.165, 1.54) is 10.3 Å². The number of fused-ring (bicyclic) bond motifs is 1. The van der Waals surface area contributed by atoms with Gasteiger partial charge in [0, 0.05) is 38.1 Å². The number of ether oxygens (including phenoxy) is 2. The molecule has 0 spiro atoms. The number of carbonyl (C=O) groups is 1. The highest BCUT2D eigenvalue weighted by molar-refractivity contribution is 9.10. The average Bonchev–Trinajstić information content (AvgIpc) is 3.20. The van der Waals surface area contributed by atoms with Crippen molar-refractivity contribution in [3.05, 3.63) is 76.8 Å². The smallest absolute Gasteiger partial charge is 0.251 e. The van der Waals surface area contributed by atoms with Gasteiger partial charge in [-0.2, -0.15) is 0 Å². The Balaban J connectivity index is 1.46. The number of para-hydroxylation sites is 1. The summed E-state index contributed by atoms with van der Waals surface area (Å²) in [5, 5.41) is 4.17. The Bertz CT molecular complexity index is 1240. The summed E-state index contributed by atoms with van der Waals surface area (Å²) in [5.41, 5.74) is 3.86. The van der Waals surface area contributed by atoms with Gasteiger partial charge in [-0.15, -0.1) is 11.8 Å². The maximum Gasteiger partial charge on any atom is 0.251 e. The second-order valence-corrected chi connectivity index (χ2v) is 9.08. The molecular formula is C25H23BrN2O3S. The van der Waals surface area contributed by atoms with Gasteiger partial charge in [-0.1, -0.05) is 46.3 Å². The molecule has 0 aliphatic heterocycles. The topological polar surface area (TPSA) is 63.3 Å². The molecule has 1 amide bonds. The second kappa shape index (κ2) is 10.1. The fourth-order valence-electron chi connectivity index (χ4n) is 3.48. The van der Waals surface area contributed by atoms with E-state index >= 15 is 0 Å². The zero-order valence-corrected chi connectivity index (χ0v) is 20.2. The third kappa shape index (κ3) is 4.79. The molecule has 0 radical (unpaired) electrons. The van der Waals surface area contributed by atoms with Crippen molar-refractivity contribution in [2.45, 2.75) is 4.90 Å². The van der Waals surface area contributed by atoms with E-state index in [-0.39, 0.29) is 5.91 Å². The second-order valence-electron chi connectivity index (χ2n) is 7.06. The van der Waals surface area contributed by atoms with Crippen LogP contribution < -0.4 is 14.8 Å². The highest BCUT2D eigenvalue weighted by Crippen LogP contribution is 2.38. The fourth-order valence-corrected chi connectivity index (χ4v) is 4.80. The number of halogens is 1. The fraction of sp³-hybridized carbons (Fsp3) is 0.160. The number of hydrogen-bond acceptors (Lipinski definition) is 4. The van der Waals surface area contributed by atoms with Crippen molar-refractivity contribution in [1.29, 1.82) is 0 Å². The molecular weight excluding hydrogens is 488 g/mol. The lowest BCUT2D eigenvalue weighted by Crippen LogP contribution is -2.25. The molecule has 0 bridgehead atoms. The number of aromatic amines is 1. The van der Waals surface area contributed by atoms with Crippen molar-refractivity contribution >= 4 is 44.5 Å². The summed E-state index contributed by atoms with van der Waals surface area (Å²) in [6, 6.07) is 21.7. The van der Waals surface area contributed by atoms with Gasteiger partial charge in [-0.3, -0.25) is 4.79 Å². The average molecular weight is 511 g/mol. The van der Waals surface area contributed by atoms with Gasteiger partial charge in [0.05, 0.1) is 19.9 Å². The number of methoxy groups -OCH3 is 2. The molecule has 0 aliphatic carbocycles. The van der Waals surface area contributed by atoms with Crippen LogP contribution in [0.25, 0.3) is 22.2 Å². The number of nitrogens with one attached hydrogen (secondary N) is 2. The third-order valence-corrected chi connectivity index (χ3v) is 6.72. The van der Waals surface area contributed by atoms with Crippen LogP contribution in [0.3, 0.4) is 0 Å². The lowest BCUT2D eigenvalue weighted by molar-refractivity contribution is 0.0955. The molecule has 0 aliphatic rings. The minimum absolute atomic E-state index is 0.140. The largest absolute Gasteiger partial charge is 0.493 e. The van der Waals surface area contributed by atoms with Gasteiger partial charge in [0.1, 0.15) is 0 Å². The summed E-state index contributed by atoms with van der Waals surface area (Å²) in [7, 11) is 3.13. The summed E-state index contributed by atoms with van der Waals surface area (Å²) < 4.78 is 11.6. The molecule has 1 heterocycles. The summed E-state index contributed by atoms with van der Waals surface area (Å²) >= 11 is 5.23. The Hall–Kier alpha value is -2.90.